The zero-order chi connectivity index (χ0) is 24.8. The highest BCUT2D eigenvalue weighted by Crippen LogP contribution is 2.28. The van der Waals surface area contributed by atoms with Crippen molar-refractivity contribution in [1.29, 1.82) is 0 Å². The summed E-state index contributed by atoms with van der Waals surface area (Å²) in [7, 11) is 2.82. The van der Waals surface area contributed by atoms with Gasteiger partial charge < -0.3 is 19.5 Å². The molecule has 0 saturated carbocycles. The minimum atomic E-state index is -0.819. The van der Waals surface area contributed by atoms with E-state index in [1.54, 1.807) is 18.2 Å². The number of methoxy groups -OCH3 is 2. The van der Waals surface area contributed by atoms with Crippen molar-refractivity contribution in [3.05, 3.63) is 53.1 Å². The first-order valence-electron chi connectivity index (χ1n) is 10.6. The zero-order valence-corrected chi connectivity index (χ0v) is 19.5. The summed E-state index contributed by atoms with van der Waals surface area (Å²) in [6.45, 7) is 3.19. The molecular formula is C24H27N3O7. The van der Waals surface area contributed by atoms with E-state index < -0.39 is 36.2 Å². The molecule has 0 aliphatic carbocycles. The molecule has 1 heterocycles. The van der Waals surface area contributed by atoms with Gasteiger partial charge in [-0.05, 0) is 43.2 Å². The van der Waals surface area contributed by atoms with Gasteiger partial charge in [-0.3, -0.25) is 29.6 Å². The molecule has 0 bridgehead atoms. The first-order chi connectivity index (χ1) is 16.2. The number of hydrogen-bond donors (Lipinski definition) is 2. The van der Waals surface area contributed by atoms with E-state index in [-0.39, 0.29) is 30.0 Å². The van der Waals surface area contributed by atoms with Gasteiger partial charge in [0.25, 0.3) is 11.8 Å². The molecule has 1 atom stereocenters. The first-order valence-corrected chi connectivity index (χ1v) is 10.6. The van der Waals surface area contributed by atoms with Gasteiger partial charge in [0.15, 0.2) is 6.61 Å². The number of anilines is 1. The number of esters is 1. The number of hydrogen-bond acceptors (Lipinski definition) is 7. The molecule has 10 nitrogen and oxygen atoms in total. The minimum Gasteiger partial charge on any atom is -0.496 e. The second kappa shape index (κ2) is 10.7. The average Bonchev–Trinajstić information content (AvgIpc) is 3.19. The van der Waals surface area contributed by atoms with Crippen LogP contribution < -0.4 is 20.2 Å². The summed E-state index contributed by atoms with van der Waals surface area (Å²) in [6, 6.07) is 10.5. The number of ether oxygens (including phenoxy) is 3. The van der Waals surface area contributed by atoms with Crippen LogP contribution in [0.1, 0.15) is 27.9 Å². The Kier molecular flexibility index (Phi) is 7.72. The van der Waals surface area contributed by atoms with Crippen molar-refractivity contribution >= 4 is 29.4 Å². The highest BCUT2D eigenvalue weighted by molar-refractivity contribution is 6.01. The van der Waals surface area contributed by atoms with Gasteiger partial charge in [0, 0.05) is 12.1 Å². The Labute approximate surface area is 197 Å². The molecule has 34 heavy (non-hydrogen) atoms. The van der Waals surface area contributed by atoms with Gasteiger partial charge in [-0.25, -0.2) is 0 Å². The molecule has 180 valence electrons. The summed E-state index contributed by atoms with van der Waals surface area (Å²) in [6.07, 6.45) is -0.152. The molecule has 3 rings (SSSR count). The van der Waals surface area contributed by atoms with Crippen LogP contribution in [0.4, 0.5) is 5.69 Å². The van der Waals surface area contributed by atoms with E-state index in [1.807, 2.05) is 32.0 Å². The van der Waals surface area contributed by atoms with Crippen molar-refractivity contribution in [2.75, 3.05) is 32.7 Å². The third-order valence-corrected chi connectivity index (χ3v) is 5.36. The summed E-state index contributed by atoms with van der Waals surface area (Å²) in [5, 5.41) is 3.76. The molecule has 2 N–H and O–H groups in total. The zero-order valence-electron chi connectivity index (χ0n) is 19.5. The lowest BCUT2D eigenvalue weighted by atomic mass is 10.1. The summed E-state index contributed by atoms with van der Waals surface area (Å²) in [4.78, 5) is 49.8. The van der Waals surface area contributed by atoms with Crippen LogP contribution in [0, 0.1) is 19.8 Å². The maximum absolute atomic E-state index is 12.8. The Bertz CT molecular complexity index is 1090. The Morgan fingerprint density at radius 1 is 1.06 bits per heavy atom. The number of benzene rings is 2. The van der Waals surface area contributed by atoms with Gasteiger partial charge in [0.05, 0.1) is 26.7 Å². The average molecular weight is 469 g/mol. The third-order valence-electron chi connectivity index (χ3n) is 5.36. The lowest BCUT2D eigenvalue weighted by Crippen LogP contribution is -2.43. The Morgan fingerprint density at radius 2 is 1.74 bits per heavy atom. The van der Waals surface area contributed by atoms with Crippen LogP contribution in [0.15, 0.2) is 36.4 Å². The highest BCUT2D eigenvalue weighted by atomic mass is 16.5. The monoisotopic (exact) mass is 469 g/mol. The summed E-state index contributed by atoms with van der Waals surface area (Å²) in [5.74, 6) is -2.53. The molecule has 1 aliphatic heterocycles. The fourth-order valence-electron chi connectivity index (χ4n) is 3.54. The molecule has 0 spiro atoms. The number of amides is 3. The van der Waals surface area contributed by atoms with Gasteiger partial charge in [-0.15, -0.1) is 0 Å². The highest BCUT2D eigenvalue weighted by Gasteiger charge is 2.37. The Balaban J connectivity index is 1.56. The maximum Gasteiger partial charge on any atom is 0.311 e. The molecule has 0 radical (unpaired) electrons. The van der Waals surface area contributed by atoms with Crippen LogP contribution in [0.2, 0.25) is 0 Å². The smallest absolute Gasteiger partial charge is 0.311 e. The number of carbonyl (C=O) groups excluding carboxylic acids is 4. The lowest BCUT2D eigenvalue weighted by molar-refractivity contribution is -0.151. The van der Waals surface area contributed by atoms with Crippen molar-refractivity contribution < 1.29 is 33.4 Å². The van der Waals surface area contributed by atoms with Crippen LogP contribution in [-0.2, 0) is 19.1 Å². The molecule has 10 heteroatoms. The van der Waals surface area contributed by atoms with Gasteiger partial charge >= 0.3 is 5.97 Å². The molecule has 3 amide bonds. The van der Waals surface area contributed by atoms with Crippen molar-refractivity contribution in [3.63, 3.8) is 0 Å². The summed E-state index contributed by atoms with van der Waals surface area (Å²) < 4.78 is 15.5. The van der Waals surface area contributed by atoms with Gasteiger partial charge in [-0.2, -0.15) is 0 Å². The molecule has 1 aliphatic rings. The van der Waals surface area contributed by atoms with Crippen LogP contribution in [-0.4, -0.2) is 56.1 Å². The number of aryl methyl sites for hydroxylation is 2. The van der Waals surface area contributed by atoms with E-state index in [4.69, 9.17) is 14.2 Å². The Morgan fingerprint density at radius 3 is 2.38 bits per heavy atom. The predicted molar refractivity (Wildman–Crippen MR) is 122 cm³/mol. The quantitative estimate of drug-likeness (QED) is 0.567. The SMILES string of the molecule is COc1cccc(OC)c1C(=O)NN1C[C@H](C(=O)OCC(=O)Nc2cc(C)ccc2C)CC1=O. The largest absolute Gasteiger partial charge is 0.496 e. The van der Waals surface area contributed by atoms with Crippen LogP contribution in [0.25, 0.3) is 0 Å². The van der Waals surface area contributed by atoms with E-state index in [9.17, 15) is 19.2 Å². The van der Waals surface area contributed by atoms with E-state index in [0.717, 1.165) is 16.1 Å². The molecule has 2 aromatic carbocycles. The first kappa shape index (κ1) is 24.6. The van der Waals surface area contributed by atoms with E-state index >= 15 is 0 Å². The molecule has 0 unspecified atom stereocenters. The van der Waals surface area contributed by atoms with Gasteiger partial charge in [0.1, 0.15) is 17.1 Å². The predicted octanol–water partition coefficient (Wildman–Crippen LogP) is 2.00. The maximum atomic E-state index is 12.8. The fraction of sp³-hybridized carbons (Fsp3) is 0.333. The molecule has 2 aromatic rings. The van der Waals surface area contributed by atoms with Crippen LogP contribution in [0.5, 0.6) is 11.5 Å². The Hall–Kier alpha value is -4.08. The number of hydrazine groups is 1. The van der Waals surface area contributed by atoms with E-state index in [0.29, 0.717) is 5.69 Å². The fourth-order valence-corrected chi connectivity index (χ4v) is 3.54. The third kappa shape index (κ3) is 5.64. The van der Waals surface area contributed by atoms with Crippen molar-refractivity contribution in [2.24, 2.45) is 5.92 Å². The number of rotatable bonds is 8. The normalized spacial score (nSPS) is 15.0. The van der Waals surface area contributed by atoms with Crippen molar-refractivity contribution in [2.45, 2.75) is 20.3 Å². The number of carbonyl (C=O) groups is 4. The molecule has 1 fully saturated rings. The molecular weight excluding hydrogens is 442 g/mol. The van der Waals surface area contributed by atoms with Crippen molar-refractivity contribution in [3.8, 4) is 11.5 Å². The molecule has 0 aromatic heterocycles. The van der Waals surface area contributed by atoms with E-state index in [2.05, 4.69) is 10.7 Å². The molecule has 1 saturated heterocycles. The van der Waals surface area contributed by atoms with E-state index in [1.165, 1.54) is 14.2 Å². The van der Waals surface area contributed by atoms with Crippen molar-refractivity contribution in [1.82, 2.24) is 10.4 Å². The van der Waals surface area contributed by atoms with Crippen LogP contribution >= 0.6 is 0 Å². The topological polar surface area (TPSA) is 123 Å². The summed E-state index contributed by atoms with van der Waals surface area (Å²) in [5.41, 5.74) is 5.10. The second-order valence-electron chi connectivity index (χ2n) is 7.86. The van der Waals surface area contributed by atoms with Gasteiger partial charge in [-0.1, -0.05) is 18.2 Å². The number of nitrogens with one attached hydrogen (secondary N) is 2. The van der Waals surface area contributed by atoms with Crippen LogP contribution in [0.3, 0.4) is 0 Å². The van der Waals surface area contributed by atoms with Gasteiger partial charge in [0.2, 0.25) is 5.91 Å². The second-order valence-corrected chi connectivity index (χ2v) is 7.86. The summed E-state index contributed by atoms with van der Waals surface area (Å²) >= 11 is 0. The number of nitrogens with zero attached hydrogens (tertiary/aromatic N) is 1. The minimum absolute atomic E-state index is 0.0839. The lowest BCUT2D eigenvalue weighted by Gasteiger charge is -2.19. The standard InChI is InChI=1S/C24H27N3O7/c1-14-8-9-15(2)17(10-14)25-20(28)13-34-24(31)16-11-21(29)27(12-16)26-23(30)22-18(32-3)6-5-7-19(22)33-4/h5-10,16H,11-13H2,1-4H3,(H,25,28)(H,26,30)/t16-/m1/s1.